The van der Waals surface area contributed by atoms with Crippen molar-refractivity contribution in [3.05, 3.63) is 71.1 Å². The lowest BCUT2D eigenvalue weighted by Gasteiger charge is -2.24. The second-order valence-electron chi connectivity index (χ2n) is 10.5. The zero-order valence-corrected chi connectivity index (χ0v) is 25.3. The highest BCUT2D eigenvalue weighted by Crippen LogP contribution is 2.40. The van der Waals surface area contributed by atoms with Gasteiger partial charge >= 0.3 is 0 Å². The van der Waals surface area contributed by atoms with Crippen molar-refractivity contribution >= 4 is 49.6 Å². The Bertz CT molecular complexity index is 1760. The van der Waals surface area contributed by atoms with Gasteiger partial charge in [-0.05, 0) is 62.9 Å². The van der Waals surface area contributed by atoms with Gasteiger partial charge in [-0.1, -0.05) is 35.9 Å². The van der Waals surface area contributed by atoms with Gasteiger partial charge in [-0.15, -0.1) is 0 Å². The van der Waals surface area contributed by atoms with Gasteiger partial charge in [-0.25, -0.2) is 17.8 Å². The first-order valence-electron chi connectivity index (χ1n) is 13.8. The van der Waals surface area contributed by atoms with Crippen molar-refractivity contribution in [3.8, 4) is 11.3 Å². The maximum atomic E-state index is 15.4. The number of nitrogen functional groups attached to an aromatic ring is 1. The van der Waals surface area contributed by atoms with E-state index in [-0.39, 0.29) is 27.5 Å². The number of aromatic nitrogens is 3. The number of sulfonamides is 1. The molecule has 9 nitrogen and oxygen atoms in total. The summed E-state index contributed by atoms with van der Waals surface area (Å²) in [5, 5.41) is 9.06. The molecule has 0 saturated carbocycles. The summed E-state index contributed by atoms with van der Waals surface area (Å²) in [5.74, 6) is -0.477. The Kier molecular flexibility index (Phi) is 8.84. The molecule has 1 aliphatic carbocycles. The van der Waals surface area contributed by atoms with E-state index < -0.39 is 15.8 Å². The van der Waals surface area contributed by atoms with Crippen LogP contribution in [0, 0.1) is 5.82 Å². The first-order valence-corrected chi connectivity index (χ1v) is 15.6. The van der Waals surface area contributed by atoms with Gasteiger partial charge < -0.3 is 15.8 Å². The molecule has 4 N–H and O–H groups in total. The Labute approximate surface area is 250 Å². The number of nitrogens with zero attached hydrogens (tertiary/aromatic N) is 3. The minimum Gasteiger partial charge on any atom is -0.383 e. The van der Waals surface area contributed by atoms with E-state index >= 15 is 4.39 Å². The average Bonchev–Trinajstić information content (AvgIpc) is 3.37. The van der Waals surface area contributed by atoms with Crippen LogP contribution in [0.25, 0.3) is 27.7 Å². The molecule has 2 aromatic heterocycles. The van der Waals surface area contributed by atoms with Crippen LogP contribution in [0.3, 0.4) is 0 Å². The first kappa shape index (κ1) is 30.0. The van der Waals surface area contributed by atoms with Gasteiger partial charge in [0.1, 0.15) is 22.2 Å². The molecule has 42 heavy (non-hydrogen) atoms. The second-order valence-corrected chi connectivity index (χ2v) is 12.6. The summed E-state index contributed by atoms with van der Waals surface area (Å²) in [6, 6.07) is 10.6. The summed E-state index contributed by atoms with van der Waals surface area (Å²) in [5.41, 5.74) is 10.1. The summed E-state index contributed by atoms with van der Waals surface area (Å²) >= 11 is 6.07. The molecule has 222 valence electrons. The maximum absolute atomic E-state index is 15.4. The van der Waals surface area contributed by atoms with Crippen LogP contribution in [0.4, 0.5) is 15.9 Å². The minimum atomic E-state index is -4.11. The van der Waals surface area contributed by atoms with Crippen LogP contribution >= 0.6 is 11.6 Å². The molecule has 0 bridgehead atoms. The number of nitrogens with one attached hydrogen (secondary N) is 2. The normalized spacial score (nSPS) is 15.8. The van der Waals surface area contributed by atoms with Crippen molar-refractivity contribution < 1.29 is 17.5 Å². The number of nitrogens with two attached hydrogens (primary N) is 1. The van der Waals surface area contributed by atoms with Crippen LogP contribution in [0.15, 0.2) is 59.6 Å². The minimum absolute atomic E-state index is 0.0130. The molecule has 4 aromatic rings. The lowest BCUT2D eigenvalue weighted by atomic mass is 9.90. The number of pyridine rings is 1. The zero-order valence-electron chi connectivity index (χ0n) is 23.7. The molecule has 1 atom stereocenters. The van der Waals surface area contributed by atoms with E-state index in [1.807, 2.05) is 18.5 Å². The largest absolute Gasteiger partial charge is 0.383 e. The molecular formula is C30H34ClFN6O3S. The molecule has 0 radical (unpaired) electrons. The van der Waals surface area contributed by atoms with Gasteiger partial charge in [0.15, 0.2) is 0 Å². The van der Waals surface area contributed by atoms with E-state index in [0.717, 1.165) is 36.9 Å². The van der Waals surface area contributed by atoms with Gasteiger partial charge in [-0.2, -0.15) is 5.10 Å². The van der Waals surface area contributed by atoms with Gasteiger partial charge in [0.25, 0.3) is 10.0 Å². The molecule has 12 heteroatoms. The predicted octanol–water partition coefficient (Wildman–Crippen LogP) is 6.03. The number of benzene rings is 2. The summed E-state index contributed by atoms with van der Waals surface area (Å²) in [6.45, 7) is 5.52. The number of methoxy groups -OCH3 is 1. The molecule has 0 amide bonds. The van der Waals surface area contributed by atoms with Crippen LogP contribution in [-0.2, 0) is 14.8 Å². The lowest BCUT2D eigenvalue weighted by Crippen LogP contribution is -2.32. The first-order chi connectivity index (χ1) is 20.1. The SMILES string of the molecule is COCCN[C@H]1CC=C(c2cnc(N)c3c(-c4ccc(NS(=O)(=O)c5ccccc5Cl)c(F)c4)nn(C(C)C)c23)CC1. The molecule has 0 saturated heterocycles. The molecule has 2 aromatic carbocycles. The van der Waals surface area contributed by atoms with Crippen molar-refractivity contribution in [2.45, 2.75) is 50.1 Å². The molecule has 0 aliphatic heterocycles. The fourth-order valence-corrected chi connectivity index (χ4v) is 6.83. The van der Waals surface area contributed by atoms with Crippen LogP contribution in [-0.4, -0.2) is 49.5 Å². The van der Waals surface area contributed by atoms with Gasteiger partial charge in [0, 0.05) is 43.1 Å². The third kappa shape index (κ3) is 6.00. The van der Waals surface area contributed by atoms with E-state index in [4.69, 9.17) is 27.2 Å². The van der Waals surface area contributed by atoms with Gasteiger partial charge in [-0.3, -0.25) is 9.40 Å². The van der Waals surface area contributed by atoms with E-state index in [9.17, 15) is 8.42 Å². The standard InChI is InChI=1S/C30H34ClFN6O3S/c1-18(2)38-29-22(19-8-11-21(12-9-19)34-14-15-41-3)17-35-30(33)27(29)28(36-38)20-10-13-25(24(32)16-20)37-42(39,40)26-7-5-4-6-23(26)31/h4-8,10,13,16-18,21,34,37H,9,11-12,14-15H2,1-3H3,(H2,33,35)/t21-/m0/s1. The zero-order chi connectivity index (χ0) is 30.0. The number of allylic oxidation sites excluding steroid dienone is 1. The summed E-state index contributed by atoms with van der Waals surface area (Å²) < 4.78 is 50.5. The third-order valence-electron chi connectivity index (χ3n) is 7.35. The lowest BCUT2D eigenvalue weighted by molar-refractivity contribution is 0.195. The van der Waals surface area contributed by atoms with E-state index in [2.05, 4.69) is 21.1 Å². The van der Waals surface area contributed by atoms with E-state index in [1.165, 1.54) is 29.8 Å². The summed E-state index contributed by atoms with van der Waals surface area (Å²) in [6.07, 6.45) is 6.74. The molecule has 5 rings (SSSR count). The molecule has 0 fully saturated rings. The predicted molar refractivity (Wildman–Crippen MR) is 165 cm³/mol. The number of hydrogen-bond acceptors (Lipinski definition) is 7. The van der Waals surface area contributed by atoms with Crippen molar-refractivity contribution in [1.29, 1.82) is 0 Å². The number of halogens is 2. The fraction of sp³-hybridized carbons (Fsp3) is 0.333. The van der Waals surface area contributed by atoms with Crippen LogP contribution in [0.1, 0.15) is 44.7 Å². The smallest absolute Gasteiger partial charge is 0.263 e. The number of rotatable bonds is 10. The highest BCUT2D eigenvalue weighted by atomic mass is 35.5. The molecule has 1 aliphatic rings. The van der Waals surface area contributed by atoms with Crippen LogP contribution < -0.4 is 15.8 Å². The monoisotopic (exact) mass is 612 g/mol. The van der Waals surface area contributed by atoms with Crippen molar-refractivity contribution in [2.75, 3.05) is 30.7 Å². The quantitative estimate of drug-likeness (QED) is 0.187. The molecular weight excluding hydrogens is 579 g/mol. The Morgan fingerprint density at radius 3 is 2.69 bits per heavy atom. The fourth-order valence-electron chi connectivity index (χ4n) is 5.24. The van der Waals surface area contributed by atoms with E-state index in [1.54, 1.807) is 31.5 Å². The summed E-state index contributed by atoms with van der Waals surface area (Å²) in [7, 11) is -2.42. The maximum Gasteiger partial charge on any atom is 0.263 e. The highest BCUT2D eigenvalue weighted by molar-refractivity contribution is 7.92. The summed E-state index contributed by atoms with van der Waals surface area (Å²) in [4.78, 5) is 4.36. The number of ether oxygens (including phenoxy) is 1. The number of fused-ring (bicyclic) bond motifs is 1. The molecule has 0 unspecified atom stereocenters. The topological polar surface area (TPSA) is 124 Å². The molecule has 2 heterocycles. The average molecular weight is 613 g/mol. The number of hydrogen-bond donors (Lipinski definition) is 3. The Morgan fingerprint density at radius 2 is 2.02 bits per heavy atom. The highest BCUT2D eigenvalue weighted by Gasteiger charge is 2.25. The number of anilines is 2. The van der Waals surface area contributed by atoms with Crippen molar-refractivity contribution in [1.82, 2.24) is 20.1 Å². The van der Waals surface area contributed by atoms with E-state index in [0.29, 0.717) is 29.3 Å². The Hall–Kier alpha value is -3.51. The van der Waals surface area contributed by atoms with Crippen LogP contribution in [0.2, 0.25) is 5.02 Å². The third-order valence-corrected chi connectivity index (χ3v) is 9.22. The molecule has 0 spiro atoms. The van der Waals surface area contributed by atoms with Crippen molar-refractivity contribution in [3.63, 3.8) is 0 Å². The Morgan fingerprint density at radius 1 is 1.24 bits per heavy atom. The van der Waals surface area contributed by atoms with Crippen molar-refractivity contribution in [2.24, 2.45) is 0 Å². The van der Waals surface area contributed by atoms with Crippen LogP contribution in [0.5, 0.6) is 0 Å². The van der Waals surface area contributed by atoms with Gasteiger partial charge in [0.2, 0.25) is 0 Å². The Balaban J connectivity index is 1.52. The van der Waals surface area contributed by atoms with Gasteiger partial charge in [0.05, 0.1) is 28.2 Å². The second kappa shape index (κ2) is 12.4.